The number of hydrogen-bond acceptors (Lipinski definition) is 7. The molecule has 1 aromatic carbocycles. The molecule has 0 radical (unpaired) electrons. The SMILES string of the molecule is CCCCCCCCCCCCCCCC(=O)NCCC[C@@H]1O[C@H](COC(=O)OCc2ccccc2)C(OC(C)(C)C)[C@@H]1OC. The van der Waals surface area contributed by atoms with Crippen LogP contribution in [0.25, 0.3) is 0 Å². The minimum atomic E-state index is -0.749. The third-order valence-corrected chi connectivity index (χ3v) is 8.23. The van der Waals surface area contributed by atoms with E-state index < -0.39 is 24.0 Å². The first-order valence-corrected chi connectivity index (χ1v) is 17.7. The second-order valence-electron chi connectivity index (χ2n) is 13.4. The Labute approximate surface area is 273 Å². The van der Waals surface area contributed by atoms with Crippen molar-refractivity contribution in [1.29, 1.82) is 0 Å². The third kappa shape index (κ3) is 17.9. The predicted octanol–water partition coefficient (Wildman–Crippen LogP) is 8.68. The van der Waals surface area contributed by atoms with E-state index in [1.807, 2.05) is 51.1 Å². The van der Waals surface area contributed by atoms with Gasteiger partial charge in [-0.2, -0.15) is 0 Å². The first-order valence-electron chi connectivity index (χ1n) is 17.7. The van der Waals surface area contributed by atoms with Gasteiger partial charge in [0.15, 0.2) is 0 Å². The van der Waals surface area contributed by atoms with E-state index in [2.05, 4.69) is 12.2 Å². The van der Waals surface area contributed by atoms with Crippen LogP contribution in [0.4, 0.5) is 4.79 Å². The Morgan fingerprint density at radius 1 is 0.778 bits per heavy atom. The van der Waals surface area contributed by atoms with Gasteiger partial charge in [-0.3, -0.25) is 4.79 Å². The summed E-state index contributed by atoms with van der Waals surface area (Å²) in [7, 11) is 1.65. The van der Waals surface area contributed by atoms with Gasteiger partial charge in [0, 0.05) is 20.1 Å². The van der Waals surface area contributed by atoms with Crippen LogP contribution in [0.15, 0.2) is 30.3 Å². The third-order valence-electron chi connectivity index (χ3n) is 8.23. The molecule has 1 heterocycles. The molecule has 8 heteroatoms. The standard InChI is InChI=1S/C37H63NO7/c1-6-7-8-9-10-11-12-13-14-15-16-17-21-26-33(39)38-27-22-25-31-34(41-5)35(45-37(2,3)4)32(44-31)29-43-36(40)42-28-30-23-19-18-20-24-30/h18-20,23-24,31-32,34-35H,6-17,21-22,25-29H2,1-5H3,(H,38,39)/t31-,32+,34+,35?/m0/s1. The number of benzene rings is 1. The Balaban J connectivity index is 1.61. The molecule has 1 amide bonds. The molecule has 1 aromatic rings. The molecule has 0 saturated carbocycles. The highest BCUT2D eigenvalue weighted by Gasteiger charge is 2.47. The fourth-order valence-corrected chi connectivity index (χ4v) is 5.84. The van der Waals surface area contributed by atoms with Crippen LogP contribution in [0, 0.1) is 0 Å². The molecule has 45 heavy (non-hydrogen) atoms. The van der Waals surface area contributed by atoms with Crippen molar-refractivity contribution in [2.24, 2.45) is 0 Å². The second-order valence-corrected chi connectivity index (χ2v) is 13.4. The zero-order chi connectivity index (χ0) is 32.8. The summed E-state index contributed by atoms with van der Waals surface area (Å²) in [5, 5.41) is 3.06. The van der Waals surface area contributed by atoms with Gasteiger partial charge in [-0.25, -0.2) is 4.79 Å². The van der Waals surface area contributed by atoms with Gasteiger partial charge in [0.2, 0.25) is 5.91 Å². The molecule has 258 valence electrons. The van der Waals surface area contributed by atoms with Gasteiger partial charge in [0.1, 0.15) is 31.5 Å². The second kappa shape index (κ2) is 23.2. The maximum Gasteiger partial charge on any atom is 0.508 e. The smallest absolute Gasteiger partial charge is 0.431 e. The fraction of sp³-hybridized carbons (Fsp3) is 0.784. The largest absolute Gasteiger partial charge is 0.508 e. The van der Waals surface area contributed by atoms with E-state index >= 15 is 0 Å². The number of hydrogen-bond donors (Lipinski definition) is 1. The number of carbonyl (C=O) groups excluding carboxylic acids is 2. The van der Waals surface area contributed by atoms with Gasteiger partial charge in [0.05, 0.1) is 11.7 Å². The number of unbranched alkanes of at least 4 members (excludes halogenated alkanes) is 12. The van der Waals surface area contributed by atoms with Gasteiger partial charge < -0.3 is 29.0 Å². The Kier molecular flexibility index (Phi) is 20.1. The van der Waals surface area contributed by atoms with Crippen molar-refractivity contribution < 1.29 is 33.3 Å². The number of ether oxygens (including phenoxy) is 5. The normalized spacial score (nSPS) is 19.8. The van der Waals surface area contributed by atoms with E-state index in [9.17, 15) is 9.59 Å². The summed E-state index contributed by atoms with van der Waals surface area (Å²) < 4.78 is 29.1. The Bertz CT molecular complexity index is 904. The van der Waals surface area contributed by atoms with Crippen LogP contribution in [0.2, 0.25) is 0 Å². The van der Waals surface area contributed by atoms with Crippen molar-refractivity contribution in [3.8, 4) is 0 Å². The summed E-state index contributed by atoms with van der Waals surface area (Å²) >= 11 is 0. The Morgan fingerprint density at radius 2 is 1.38 bits per heavy atom. The quantitative estimate of drug-likeness (QED) is 0.0899. The minimum Gasteiger partial charge on any atom is -0.431 e. The zero-order valence-corrected chi connectivity index (χ0v) is 29.0. The molecule has 1 N–H and O–H groups in total. The molecule has 1 fully saturated rings. The van der Waals surface area contributed by atoms with Crippen LogP contribution in [-0.2, 0) is 35.1 Å². The summed E-state index contributed by atoms with van der Waals surface area (Å²) in [4.78, 5) is 24.6. The topological polar surface area (TPSA) is 92.3 Å². The lowest BCUT2D eigenvalue weighted by molar-refractivity contribution is -0.127. The van der Waals surface area contributed by atoms with Crippen LogP contribution < -0.4 is 5.32 Å². The van der Waals surface area contributed by atoms with E-state index in [0.717, 1.165) is 24.8 Å². The van der Waals surface area contributed by atoms with E-state index in [-0.39, 0.29) is 31.3 Å². The highest BCUT2D eigenvalue weighted by atomic mass is 16.7. The van der Waals surface area contributed by atoms with Crippen molar-refractivity contribution in [3.05, 3.63) is 35.9 Å². The lowest BCUT2D eigenvalue weighted by Crippen LogP contribution is -2.43. The fourth-order valence-electron chi connectivity index (χ4n) is 5.84. The van der Waals surface area contributed by atoms with Crippen LogP contribution >= 0.6 is 0 Å². The van der Waals surface area contributed by atoms with Crippen molar-refractivity contribution in [2.75, 3.05) is 20.3 Å². The molecule has 4 atom stereocenters. The summed E-state index contributed by atoms with van der Waals surface area (Å²) in [5.41, 5.74) is 0.448. The van der Waals surface area contributed by atoms with Crippen molar-refractivity contribution in [1.82, 2.24) is 5.32 Å². The molecule has 1 aliphatic rings. The van der Waals surface area contributed by atoms with Crippen LogP contribution in [0.1, 0.15) is 136 Å². The van der Waals surface area contributed by atoms with Gasteiger partial charge in [-0.15, -0.1) is 0 Å². The van der Waals surface area contributed by atoms with Gasteiger partial charge in [-0.1, -0.05) is 114 Å². The summed E-state index contributed by atoms with van der Waals surface area (Å²) in [6, 6.07) is 9.46. The maximum absolute atomic E-state index is 12.4. The van der Waals surface area contributed by atoms with Crippen LogP contribution in [-0.4, -0.2) is 62.3 Å². The van der Waals surface area contributed by atoms with E-state index in [0.29, 0.717) is 19.4 Å². The summed E-state index contributed by atoms with van der Waals surface area (Å²) in [6.07, 6.45) is 16.7. The molecular formula is C37H63NO7. The van der Waals surface area contributed by atoms with Crippen LogP contribution in [0.5, 0.6) is 0 Å². The van der Waals surface area contributed by atoms with Crippen molar-refractivity contribution in [2.45, 2.75) is 167 Å². The van der Waals surface area contributed by atoms with Crippen molar-refractivity contribution in [3.63, 3.8) is 0 Å². The van der Waals surface area contributed by atoms with Gasteiger partial charge in [0.25, 0.3) is 0 Å². The van der Waals surface area contributed by atoms with Crippen LogP contribution in [0.3, 0.4) is 0 Å². The average molecular weight is 634 g/mol. The minimum absolute atomic E-state index is 0.000586. The number of carbonyl (C=O) groups is 2. The molecule has 0 aromatic heterocycles. The molecule has 0 aliphatic carbocycles. The van der Waals surface area contributed by atoms with E-state index in [4.69, 9.17) is 23.7 Å². The highest BCUT2D eigenvalue weighted by molar-refractivity contribution is 5.75. The summed E-state index contributed by atoms with van der Waals surface area (Å²) in [6.45, 7) is 8.93. The molecular weight excluding hydrogens is 570 g/mol. The van der Waals surface area contributed by atoms with Gasteiger partial charge in [-0.05, 0) is 45.6 Å². The lowest BCUT2D eigenvalue weighted by atomic mass is 10.0. The number of nitrogens with one attached hydrogen (secondary N) is 1. The Hall–Kier alpha value is -2.16. The molecule has 1 unspecified atom stereocenters. The molecule has 0 bridgehead atoms. The predicted molar refractivity (Wildman–Crippen MR) is 179 cm³/mol. The first kappa shape index (κ1) is 39.0. The first-order chi connectivity index (χ1) is 21.7. The number of methoxy groups -OCH3 is 1. The Morgan fingerprint density at radius 3 is 1.96 bits per heavy atom. The molecule has 1 saturated heterocycles. The maximum atomic E-state index is 12.4. The zero-order valence-electron chi connectivity index (χ0n) is 29.0. The number of amides is 1. The van der Waals surface area contributed by atoms with Gasteiger partial charge >= 0.3 is 6.16 Å². The molecule has 8 nitrogen and oxygen atoms in total. The van der Waals surface area contributed by atoms with Crippen molar-refractivity contribution >= 4 is 12.1 Å². The lowest BCUT2D eigenvalue weighted by Gasteiger charge is -2.30. The van der Waals surface area contributed by atoms with E-state index in [1.165, 1.54) is 70.6 Å². The average Bonchev–Trinajstić information content (AvgIpc) is 3.34. The molecule has 2 rings (SSSR count). The highest BCUT2D eigenvalue weighted by Crippen LogP contribution is 2.32. The monoisotopic (exact) mass is 633 g/mol. The number of rotatable bonds is 24. The van der Waals surface area contributed by atoms with E-state index in [1.54, 1.807) is 7.11 Å². The molecule has 0 spiro atoms. The molecule has 1 aliphatic heterocycles. The summed E-state index contributed by atoms with van der Waals surface area (Å²) in [5.74, 6) is 0.114.